The minimum atomic E-state index is -0.206. The van der Waals surface area contributed by atoms with Crippen molar-refractivity contribution < 1.29 is 9.47 Å². The van der Waals surface area contributed by atoms with Crippen LogP contribution in [0.5, 0.6) is 11.5 Å². The largest absolute Gasteiger partial charge is 0.488 e. The molecule has 3 aromatic rings. The average molecular weight is 422 g/mol. The van der Waals surface area contributed by atoms with E-state index in [2.05, 4.69) is 121 Å². The van der Waals surface area contributed by atoms with Gasteiger partial charge < -0.3 is 9.47 Å². The second-order valence-corrected chi connectivity index (χ2v) is 11.4. The van der Waals surface area contributed by atoms with Crippen LogP contribution in [-0.4, -0.2) is 11.2 Å². The molecule has 0 atom stereocenters. The van der Waals surface area contributed by atoms with Crippen molar-refractivity contribution in [3.8, 4) is 11.5 Å². The van der Waals surface area contributed by atoms with Crippen LogP contribution in [0.15, 0.2) is 87.5 Å². The topological polar surface area (TPSA) is 18.5 Å². The first kappa shape index (κ1) is 22.3. The van der Waals surface area contributed by atoms with E-state index in [1.54, 1.807) is 0 Å². The monoisotopic (exact) mass is 421 g/mol. The summed E-state index contributed by atoms with van der Waals surface area (Å²) >= 11 is 0. The average Bonchev–Trinajstić information content (AvgIpc) is 2.64. The Morgan fingerprint density at radius 3 is 1.33 bits per heavy atom. The molecule has 0 heterocycles. The van der Waals surface area contributed by atoms with Gasteiger partial charge in [-0.25, -0.2) is 0 Å². The van der Waals surface area contributed by atoms with Crippen molar-refractivity contribution in [3.63, 3.8) is 0 Å². The van der Waals surface area contributed by atoms with Gasteiger partial charge in [0.1, 0.15) is 22.7 Å². The zero-order valence-corrected chi connectivity index (χ0v) is 20.0. The number of hydrogen-bond donors (Lipinski definition) is 0. The maximum Gasteiger partial charge on any atom is 0.169 e. The summed E-state index contributed by atoms with van der Waals surface area (Å²) in [5.74, 6) is 1.79. The quantitative estimate of drug-likeness (QED) is 0.398. The highest BCUT2D eigenvalue weighted by Crippen LogP contribution is 2.35. The van der Waals surface area contributed by atoms with Gasteiger partial charge in [-0.2, -0.15) is 0 Å². The fourth-order valence-electron chi connectivity index (χ4n) is 3.17. The Balaban J connectivity index is 1.99. The predicted molar refractivity (Wildman–Crippen MR) is 127 cm³/mol. The number of hydrogen-bond acceptors (Lipinski definition) is 2. The molecule has 3 heteroatoms. The van der Waals surface area contributed by atoms with Crippen LogP contribution in [0.3, 0.4) is 0 Å². The standard InChI is InChI=1S/C27H33O2S/c1-20-10-8-9-11-25(20)30(23-16-12-21(13-17-23)28-26(2,3)4)24-18-14-22(15-19-24)29-27(5,6)7/h8-19H,1-7H3/q+1. The van der Waals surface area contributed by atoms with Gasteiger partial charge >= 0.3 is 0 Å². The van der Waals surface area contributed by atoms with Crippen molar-refractivity contribution in [2.75, 3.05) is 0 Å². The molecule has 0 fully saturated rings. The fraction of sp³-hybridized carbons (Fsp3) is 0.333. The van der Waals surface area contributed by atoms with E-state index in [0.29, 0.717) is 0 Å². The summed E-state index contributed by atoms with van der Waals surface area (Å²) < 4.78 is 12.0. The van der Waals surface area contributed by atoms with Crippen molar-refractivity contribution in [2.45, 2.75) is 74.4 Å². The van der Waals surface area contributed by atoms with Crippen LogP contribution in [0, 0.1) is 6.92 Å². The zero-order chi connectivity index (χ0) is 21.9. The molecular weight excluding hydrogens is 388 g/mol. The molecule has 0 saturated carbocycles. The molecule has 2 nitrogen and oxygen atoms in total. The van der Waals surface area contributed by atoms with E-state index in [1.165, 1.54) is 20.2 Å². The number of aryl methyl sites for hydroxylation is 1. The van der Waals surface area contributed by atoms with E-state index >= 15 is 0 Å². The van der Waals surface area contributed by atoms with Gasteiger partial charge in [0.25, 0.3) is 0 Å². The molecule has 0 aromatic heterocycles. The molecule has 30 heavy (non-hydrogen) atoms. The van der Waals surface area contributed by atoms with Crippen molar-refractivity contribution in [3.05, 3.63) is 78.4 Å². The first-order valence-corrected chi connectivity index (χ1v) is 11.6. The lowest BCUT2D eigenvalue weighted by molar-refractivity contribution is 0.130. The van der Waals surface area contributed by atoms with Gasteiger partial charge in [0.15, 0.2) is 14.7 Å². The molecule has 3 aromatic carbocycles. The first-order valence-electron chi connectivity index (χ1n) is 10.4. The Morgan fingerprint density at radius 1 is 0.567 bits per heavy atom. The highest BCUT2D eigenvalue weighted by atomic mass is 32.2. The summed E-state index contributed by atoms with van der Waals surface area (Å²) in [6.45, 7) is 14.6. The summed E-state index contributed by atoms with van der Waals surface area (Å²) in [5, 5.41) is 0. The van der Waals surface area contributed by atoms with Crippen LogP contribution in [0.1, 0.15) is 47.1 Å². The van der Waals surface area contributed by atoms with E-state index in [-0.39, 0.29) is 22.1 Å². The maximum absolute atomic E-state index is 6.02. The minimum Gasteiger partial charge on any atom is -0.488 e. The van der Waals surface area contributed by atoms with Gasteiger partial charge in [-0.05, 0) is 103 Å². The Bertz CT molecular complexity index is 902. The van der Waals surface area contributed by atoms with Crippen LogP contribution in [0.4, 0.5) is 0 Å². The van der Waals surface area contributed by atoms with E-state index < -0.39 is 0 Å². The normalized spacial score (nSPS) is 12.1. The molecule has 0 saturated heterocycles. The van der Waals surface area contributed by atoms with Gasteiger partial charge in [-0.3, -0.25) is 0 Å². The molecule has 0 bridgehead atoms. The summed E-state index contributed by atoms with van der Waals surface area (Å²) in [4.78, 5) is 3.89. The number of benzene rings is 3. The first-order chi connectivity index (χ1) is 14.0. The highest BCUT2D eigenvalue weighted by molar-refractivity contribution is 7.97. The predicted octanol–water partition coefficient (Wildman–Crippen LogP) is 7.45. The molecule has 0 N–H and O–H groups in total. The second-order valence-electron chi connectivity index (χ2n) is 9.44. The SMILES string of the molecule is Cc1ccccc1[S+](c1ccc(OC(C)(C)C)cc1)c1ccc(OC(C)(C)C)cc1. The third-order valence-electron chi connectivity index (χ3n) is 4.28. The Hall–Kier alpha value is -2.39. The van der Waals surface area contributed by atoms with Crippen LogP contribution >= 0.6 is 0 Å². The summed E-state index contributed by atoms with van der Waals surface area (Å²) in [6.07, 6.45) is 0. The third-order valence-corrected chi connectivity index (χ3v) is 6.67. The number of rotatable bonds is 5. The van der Waals surface area contributed by atoms with E-state index in [1.807, 2.05) is 0 Å². The van der Waals surface area contributed by atoms with Gasteiger partial charge in [-0.15, -0.1) is 0 Å². The number of ether oxygens (including phenoxy) is 2. The lowest BCUT2D eigenvalue weighted by Crippen LogP contribution is -2.23. The van der Waals surface area contributed by atoms with E-state index in [9.17, 15) is 0 Å². The Morgan fingerprint density at radius 2 is 0.967 bits per heavy atom. The fourth-order valence-corrected chi connectivity index (χ4v) is 5.37. The molecule has 0 aliphatic rings. The lowest BCUT2D eigenvalue weighted by Gasteiger charge is -2.21. The molecule has 0 amide bonds. The van der Waals surface area contributed by atoms with Crippen molar-refractivity contribution in [1.82, 2.24) is 0 Å². The van der Waals surface area contributed by atoms with Crippen LogP contribution < -0.4 is 9.47 Å². The molecule has 3 rings (SSSR count). The minimum absolute atomic E-state index is 0.200. The van der Waals surface area contributed by atoms with Gasteiger partial charge in [0.05, 0.1) is 10.9 Å². The highest BCUT2D eigenvalue weighted by Gasteiger charge is 2.30. The molecular formula is C27H33O2S+. The van der Waals surface area contributed by atoms with Gasteiger partial charge in [-0.1, -0.05) is 18.2 Å². The smallest absolute Gasteiger partial charge is 0.169 e. The van der Waals surface area contributed by atoms with E-state index in [4.69, 9.17) is 9.47 Å². The lowest BCUT2D eigenvalue weighted by atomic mass is 10.2. The second kappa shape index (κ2) is 8.77. The third kappa shape index (κ3) is 6.06. The van der Waals surface area contributed by atoms with Gasteiger partial charge in [0, 0.05) is 5.56 Å². The molecule has 0 radical (unpaired) electrons. The van der Waals surface area contributed by atoms with Crippen molar-refractivity contribution >= 4 is 10.9 Å². The summed E-state index contributed by atoms with van der Waals surface area (Å²) in [7, 11) is -0.200. The van der Waals surface area contributed by atoms with Crippen LogP contribution in [0.2, 0.25) is 0 Å². The molecule has 0 unspecified atom stereocenters. The molecule has 0 aliphatic heterocycles. The summed E-state index contributed by atoms with van der Waals surface area (Å²) in [5.41, 5.74) is 0.885. The van der Waals surface area contributed by atoms with Crippen LogP contribution in [-0.2, 0) is 10.9 Å². The van der Waals surface area contributed by atoms with Crippen LogP contribution in [0.25, 0.3) is 0 Å². The van der Waals surface area contributed by atoms with Gasteiger partial charge in [0.2, 0.25) is 0 Å². The van der Waals surface area contributed by atoms with Crippen molar-refractivity contribution in [1.29, 1.82) is 0 Å². The molecule has 0 spiro atoms. The summed E-state index contributed by atoms with van der Waals surface area (Å²) in [6, 6.07) is 25.7. The zero-order valence-electron chi connectivity index (χ0n) is 19.2. The molecule has 158 valence electrons. The Labute approximate surface area is 184 Å². The Kier molecular flexibility index (Phi) is 6.52. The molecule has 0 aliphatic carbocycles. The van der Waals surface area contributed by atoms with Crippen molar-refractivity contribution in [2.24, 2.45) is 0 Å². The van der Waals surface area contributed by atoms with E-state index in [0.717, 1.165) is 11.5 Å². The maximum atomic E-state index is 6.02.